The molecular formula is C24H25N3O. The summed E-state index contributed by atoms with van der Waals surface area (Å²) in [5.74, 6) is 0.753. The van der Waals surface area contributed by atoms with E-state index in [0.717, 1.165) is 55.7 Å². The Bertz CT molecular complexity index is 881. The molecule has 0 N–H and O–H groups in total. The molecule has 4 heteroatoms. The van der Waals surface area contributed by atoms with Gasteiger partial charge in [-0.3, -0.25) is 0 Å². The highest BCUT2D eigenvalue weighted by Gasteiger charge is 2.39. The maximum Gasteiger partial charge on any atom is 0.265 e. The first-order chi connectivity index (χ1) is 13.7. The molecule has 1 saturated carbocycles. The number of nitrogens with zero attached hydrogens (tertiary/aromatic N) is 3. The predicted molar refractivity (Wildman–Crippen MR) is 111 cm³/mol. The van der Waals surface area contributed by atoms with Crippen molar-refractivity contribution in [1.29, 1.82) is 5.26 Å². The minimum absolute atomic E-state index is 0.190. The van der Waals surface area contributed by atoms with E-state index >= 15 is 0 Å². The fourth-order valence-corrected chi connectivity index (χ4v) is 4.54. The third-order valence-corrected chi connectivity index (χ3v) is 6.00. The lowest BCUT2D eigenvalue weighted by Crippen LogP contribution is -2.31. The van der Waals surface area contributed by atoms with Crippen LogP contribution in [0.3, 0.4) is 0 Å². The Morgan fingerprint density at radius 1 is 1.11 bits per heavy atom. The van der Waals surface area contributed by atoms with Crippen molar-refractivity contribution in [2.24, 2.45) is 0 Å². The first-order valence-electron chi connectivity index (χ1n) is 10.2. The number of rotatable bonds is 3. The van der Waals surface area contributed by atoms with Gasteiger partial charge in [0.25, 0.3) is 5.70 Å². The van der Waals surface area contributed by atoms with Crippen LogP contribution >= 0.6 is 0 Å². The number of nitriles is 1. The summed E-state index contributed by atoms with van der Waals surface area (Å²) in [6, 6.07) is 10.7. The Morgan fingerprint density at radius 3 is 2.46 bits per heavy atom. The van der Waals surface area contributed by atoms with Gasteiger partial charge in [0.1, 0.15) is 11.4 Å². The Kier molecular flexibility index (Phi) is 5.22. The van der Waals surface area contributed by atoms with Gasteiger partial charge in [-0.1, -0.05) is 18.2 Å². The van der Waals surface area contributed by atoms with E-state index in [1.54, 1.807) is 0 Å². The third-order valence-electron chi connectivity index (χ3n) is 6.00. The summed E-state index contributed by atoms with van der Waals surface area (Å²) in [6.07, 6.45) is 13.4. The summed E-state index contributed by atoms with van der Waals surface area (Å²) < 4.78 is 6.35. The van der Waals surface area contributed by atoms with Crippen LogP contribution in [0.1, 0.15) is 50.5 Å². The normalized spacial score (nSPS) is 22.6. The maximum absolute atomic E-state index is 9.31. The quantitative estimate of drug-likeness (QED) is 0.512. The molecule has 142 valence electrons. The summed E-state index contributed by atoms with van der Waals surface area (Å²) in [5, 5.41) is 9.31. The molecule has 4 rings (SSSR count). The average molecular weight is 371 g/mol. The van der Waals surface area contributed by atoms with Gasteiger partial charge in [-0.15, -0.1) is 0 Å². The van der Waals surface area contributed by atoms with Crippen LogP contribution in [0.2, 0.25) is 0 Å². The fraction of sp³-hybridized carbons (Fsp3) is 0.417. The van der Waals surface area contributed by atoms with Crippen LogP contribution < -0.4 is 4.90 Å². The van der Waals surface area contributed by atoms with Crippen LogP contribution in [0.15, 0.2) is 53.4 Å². The van der Waals surface area contributed by atoms with E-state index in [9.17, 15) is 5.26 Å². The highest BCUT2D eigenvalue weighted by atomic mass is 16.5. The molecule has 0 radical (unpaired) electrons. The third kappa shape index (κ3) is 3.82. The molecular weight excluding hydrogens is 346 g/mol. The summed E-state index contributed by atoms with van der Waals surface area (Å²) in [4.78, 5) is 5.85. The lowest BCUT2D eigenvalue weighted by atomic mass is 9.88. The molecule has 0 aromatic heterocycles. The van der Waals surface area contributed by atoms with E-state index in [-0.39, 0.29) is 11.3 Å². The molecule has 1 saturated heterocycles. The topological polar surface area (TPSA) is 40.6 Å². The lowest BCUT2D eigenvalue weighted by Gasteiger charge is -2.35. The number of ether oxygens (including phenoxy) is 1. The minimum Gasteiger partial charge on any atom is -0.487 e. The highest BCUT2D eigenvalue weighted by Crippen LogP contribution is 2.44. The minimum atomic E-state index is -0.240. The molecule has 0 atom stereocenters. The van der Waals surface area contributed by atoms with E-state index in [4.69, 9.17) is 11.3 Å². The van der Waals surface area contributed by atoms with E-state index in [1.807, 2.05) is 12.2 Å². The lowest BCUT2D eigenvalue weighted by molar-refractivity contribution is 0.00776. The van der Waals surface area contributed by atoms with Gasteiger partial charge in [-0.2, -0.15) is 0 Å². The van der Waals surface area contributed by atoms with Gasteiger partial charge in [0.15, 0.2) is 0 Å². The van der Waals surface area contributed by atoms with Gasteiger partial charge in [0.05, 0.1) is 12.6 Å². The number of hydrogen-bond donors (Lipinski definition) is 0. The van der Waals surface area contributed by atoms with Crippen molar-refractivity contribution in [2.75, 3.05) is 18.0 Å². The highest BCUT2D eigenvalue weighted by molar-refractivity contribution is 5.58. The van der Waals surface area contributed by atoms with Gasteiger partial charge >= 0.3 is 0 Å². The first-order valence-corrected chi connectivity index (χ1v) is 10.2. The second-order valence-corrected chi connectivity index (χ2v) is 7.93. The fourth-order valence-electron chi connectivity index (χ4n) is 4.54. The van der Waals surface area contributed by atoms with Crippen LogP contribution in [0.5, 0.6) is 0 Å². The average Bonchev–Trinajstić information content (AvgIpc) is 3.40. The maximum atomic E-state index is 9.31. The molecule has 2 fully saturated rings. The largest absolute Gasteiger partial charge is 0.487 e. The van der Waals surface area contributed by atoms with Crippen molar-refractivity contribution in [3.8, 4) is 6.07 Å². The molecule has 1 aromatic carbocycles. The Balaban J connectivity index is 1.56. The molecule has 2 heterocycles. The van der Waals surface area contributed by atoms with Crippen molar-refractivity contribution in [2.45, 2.75) is 50.5 Å². The van der Waals surface area contributed by atoms with Gasteiger partial charge < -0.3 is 9.64 Å². The predicted octanol–water partition coefficient (Wildman–Crippen LogP) is 5.61. The number of allylic oxidation sites excluding steroid dienone is 3. The summed E-state index contributed by atoms with van der Waals surface area (Å²) in [6.45, 7) is 9.60. The molecule has 2 aliphatic heterocycles. The SMILES string of the molecule is [C-]#[N+]/C(C#N)=C1C=C(/C=C/c2ccc(N3CCCC3)cc2)OC2(CCCC2)C\1. The van der Waals surface area contributed by atoms with E-state index in [0.29, 0.717) is 6.42 Å². The first kappa shape index (κ1) is 18.4. The number of benzene rings is 1. The van der Waals surface area contributed by atoms with Crippen LogP contribution in [0.25, 0.3) is 10.9 Å². The smallest absolute Gasteiger partial charge is 0.265 e. The molecule has 4 nitrogen and oxygen atoms in total. The second kappa shape index (κ2) is 7.95. The van der Waals surface area contributed by atoms with Gasteiger partial charge in [0, 0.05) is 25.2 Å². The Labute approximate surface area is 167 Å². The van der Waals surface area contributed by atoms with Crippen molar-refractivity contribution < 1.29 is 4.74 Å². The molecule has 0 amide bonds. The monoisotopic (exact) mass is 371 g/mol. The molecule has 1 aromatic rings. The molecule has 1 spiro atoms. The van der Waals surface area contributed by atoms with Gasteiger partial charge in [-0.25, -0.2) is 10.1 Å². The molecule has 3 aliphatic rings. The Hall–Kier alpha value is -2.98. The van der Waals surface area contributed by atoms with Crippen molar-refractivity contribution in [1.82, 2.24) is 0 Å². The zero-order chi connectivity index (χ0) is 19.4. The van der Waals surface area contributed by atoms with Crippen molar-refractivity contribution in [3.05, 3.63) is 70.4 Å². The van der Waals surface area contributed by atoms with E-state index < -0.39 is 0 Å². The van der Waals surface area contributed by atoms with Crippen LogP contribution in [0, 0.1) is 17.9 Å². The molecule has 28 heavy (non-hydrogen) atoms. The zero-order valence-electron chi connectivity index (χ0n) is 16.2. The molecule has 0 bridgehead atoms. The van der Waals surface area contributed by atoms with Gasteiger partial charge in [-0.05, 0) is 73.9 Å². The van der Waals surface area contributed by atoms with Crippen molar-refractivity contribution in [3.63, 3.8) is 0 Å². The van der Waals surface area contributed by atoms with E-state index in [2.05, 4.69) is 46.2 Å². The molecule has 1 aliphatic carbocycles. The Morgan fingerprint density at radius 2 is 1.82 bits per heavy atom. The standard InChI is InChI=1S/C24H25N3O/c1-26-23(18-25)20-16-22(28-24(17-20)12-2-3-13-24)11-8-19-6-9-21(10-7-19)27-14-4-5-15-27/h6-11,16H,2-5,12-15,17H2/b11-8+,23-20+. The number of anilines is 1. The zero-order valence-corrected chi connectivity index (χ0v) is 16.2. The van der Waals surface area contributed by atoms with Crippen molar-refractivity contribution >= 4 is 11.8 Å². The summed E-state index contributed by atoms with van der Waals surface area (Å²) >= 11 is 0. The summed E-state index contributed by atoms with van der Waals surface area (Å²) in [7, 11) is 0. The number of hydrogen-bond acceptors (Lipinski definition) is 3. The van der Waals surface area contributed by atoms with Gasteiger partial charge in [0.2, 0.25) is 0 Å². The second-order valence-electron chi connectivity index (χ2n) is 7.93. The molecule has 0 unspecified atom stereocenters. The van der Waals surface area contributed by atoms with Crippen LogP contribution in [-0.2, 0) is 4.74 Å². The van der Waals surface area contributed by atoms with Crippen LogP contribution in [0.4, 0.5) is 5.69 Å². The van der Waals surface area contributed by atoms with Crippen LogP contribution in [-0.4, -0.2) is 18.7 Å². The summed E-state index contributed by atoms with van der Waals surface area (Å²) in [5.41, 5.74) is 3.17. The van der Waals surface area contributed by atoms with E-state index in [1.165, 1.54) is 18.5 Å².